The van der Waals surface area contributed by atoms with Crippen molar-refractivity contribution in [1.82, 2.24) is 9.62 Å². The predicted octanol–water partition coefficient (Wildman–Crippen LogP) is 6.24. The molecule has 1 saturated heterocycles. The molecule has 1 fully saturated rings. The minimum atomic E-state index is -3.61. The van der Waals surface area contributed by atoms with Crippen molar-refractivity contribution in [2.24, 2.45) is 0 Å². The summed E-state index contributed by atoms with van der Waals surface area (Å²) in [4.78, 5) is 18.7. The van der Waals surface area contributed by atoms with Gasteiger partial charge in [0.05, 0.1) is 17.2 Å². The molecule has 10 nitrogen and oxygen atoms in total. The van der Waals surface area contributed by atoms with E-state index in [1.165, 1.54) is 0 Å². The fourth-order valence-electron chi connectivity index (χ4n) is 5.65. The van der Waals surface area contributed by atoms with Crippen LogP contribution in [0.2, 0.25) is 0 Å². The largest absolute Gasteiger partial charge is 0.491 e. The molecule has 3 N–H and O–H groups in total. The van der Waals surface area contributed by atoms with Gasteiger partial charge in [-0.25, -0.2) is 17.9 Å². The third kappa shape index (κ3) is 9.65. The molecule has 1 amide bonds. The Labute approximate surface area is 274 Å². The number of hydrogen-bond acceptors (Lipinski definition) is 8. The van der Waals surface area contributed by atoms with E-state index in [2.05, 4.69) is 9.62 Å². The average molecular weight is 654 g/mol. The van der Waals surface area contributed by atoms with Gasteiger partial charge < -0.3 is 29.9 Å². The van der Waals surface area contributed by atoms with E-state index >= 15 is 0 Å². The number of piperazine rings is 1. The van der Waals surface area contributed by atoms with Crippen LogP contribution in [0.15, 0.2) is 59.5 Å². The number of nitrogens with two attached hydrogens (primary N) is 1. The van der Waals surface area contributed by atoms with Gasteiger partial charge in [0.1, 0.15) is 11.4 Å². The smallest absolute Gasteiger partial charge is 0.410 e. The minimum absolute atomic E-state index is 0.280. The number of fused-ring (bicyclic) bond motifs is 1. The second-order valence-electron chi connectivity index (χ2n) is 13.1. The van der Waals surface area contributed by atoms with Gasteiger partial charge >= 0.3 is 6.09 Å². The number of rotatable bonds is 14. The summed E-state index contributed by atoms with van der Waals surface area (Å²) in [5.41, 5.74) is 8.21. The van der Waals surface area contributed by atoms with Crippen molar-refractivity contribution in [3.63, 3.8) is 0 Å². The topological polar surface area (TPSA) is 117 Å². The molecule has 252 valence electrons. The van der Waals surface area contributed by atoms with E-state index in [1.54, 1.807) is 17.0 Å². The summed E-state index contributed by atoms with van der Waals surface area (Å²) in [5.74, 6) is 0.802. The third-order valence-corrected chi connectivity index (χ3v) is 9.53. The van der Waals surface area contributed by atoms with Gasteiger partial charge in [0.15, 0.2) is 0 Å². The van der Waals surface area contributed by atoms with Gasteiger partial charge in [-0.1, -0.05) is 49.9 Å². The molecule has 1 aliphatic rings. The van der Waals surface area contributed by atoms with Gasteiger partial charge in [-0.15, -0.1) is 0 Å². The van der Waals surface area contributed by atoms with Crippen molar-refractivity contribution in [2.75, 3.05) is 69.0 Å². The number of sulfonamides is 1. The van der Waals surface area contributed by atoms with Crippen molar-refractivity contribution >= 4 is 44.0 Å². The molecule has 0 spiro atoms. The van der Waals surface area contributed by atoms with E-state index in [-0.39, 0.29) is 6.09 Å². The van der Waals surface area contributed by atoms with Gasteiger partial charge in [-0.2, -0.15) is 0 Å². The maximum absolute atomic E-state index is 13.1. The summed E-state index contributed by atoms with van der Waals surface area (Å²) in [5, 5.41) is 1.65. The molecule has 0 bridgehead atoms. The number of nitrogens with zero attached hydrogens (tertiary/aromatic N) is 3. The molecular formula is C35H51N5O5S. The van der Waals surface area contributed by atoms with Gasteiger partial charge in [0.25, 0.3) is 0 Å². The number of anilines is 3. The highest BCUT2D eigenvalue weighted by Gasteiger charge is 2.27. The van der Waals surface area contributed by atoms with E-state index in [0.29, 0.717) is 49.9 Å². The van der Waals surface area contributed by atoms with Crippen LogP contribution in [0.4, 0.5) is 21.9 Å². The van der Waals surface area contributed by atoms with Gasteiger partial charge in [0.2, 0.25) is 10.0 Å². The first kappa shape index (κ1) is 35.2. The monoisotopic (exact) mass is 653 g/mol. The highest BCUT2D eigenvalue weighted by molar-refractivity contribution is 7.89. The Balaban J connectivity index is 1.15. The van der Waals surface area contributed by atoms with Crippen LogP contribution in [0.5, 0.6) is 5.75 Å². The van der Waals surface area contributed by atoms with Crippen molar-refractivity contribution in [3.8, 4) is 5.75 Å². The molecule has 0 unspecified atom stereocenters. The number of carbonyl (C=O) groups is 1. The second kappa shape index (κ2) is 15.7. The number of carbonyl (C=O) groups excluding carboxylic acids is 1. The quantitative estimate of drug-likeness (QED) is 0.155. The van der Waals surface area contributed by atoms with Crippen LogP contribution >= 0.6 is 0 Å². The lowest BCUT2D eigenvalue weighted by atomic mass is 10.1. The zero-order chi connectivity index (χ0) is 33.3. The number of nitrogen functional groups attached to an aromatic ring is 1. The van der Waals surface area contributed by atoms with E-state index in [1.807, 2.05) is 82.2 Å². The minimum Gasteiger partial charge on any atom is -0.491 e. The Bertz CT molecular complexity index is 1560. The highest BCUT2D eigenvalue weighted by Crippen LogP contribution is 2.32. The Morgan fingerprint density at radius 2 is 1.54 bits per heavy atom. The zero-order valence-corrected chi connectivity index (χ0v) is 28.9. The summed E-state index contributed by atoms with van der Waals surface area (Å²) in [6.45, 7) is 9.15. The summed E-state index contributed by atoms with van der Waals surface area (Å²) in [6.07, 6.45) is 5.54. The number of amides is 1. The van der Waals surface area contributed by atoms with Crippen LogP contribution in [-0.2, 0) is 14.8 Å². The van der Waals surface area contributed by atoms with Crippen LogP contribution in [0.1, 0.15) is 59.3 Å². The molecule has 0 saturated carbocycles. The molecule has 1 aliphatic heterocycles. The molecule has 46 heavy (non-hydrogen) atoms. The SMILES string of the molecule is CN(C)c1cccc2c(S(=O)(=O)NCCCCCCCCOc3ccc(N)cc3N3CCN(C(=O)OC(C)(C)C)CC3)cccc12. The molecule has 0 radical (unpaired) electrons. The molecule has 4 rings (SSSR count). The molecule has 0 aliphatic carbocycles. The normalized spacial score (nSPS) is 14.0. The third-order valence-electron chi connectivity index (χ3n) is 8.01. The Morgan fingerprint density at radius 3 is 2.24 bits per heavy atom. The molecule has 3 aromatic carbocycles. The molecule has 1 heterocycles. The summed E-state index contributed by atoms with van der Waals surface area (Å²) in [7, 11) is 0.304. The van der Waals surface area contributed by atoms with Crippen molar-refractivity contribution in [1.29, 1.82) is 0 Å². The molecule has 11 heteroatoms. The van der Waals surface area contributed by atoms with Crippen LogP contribution in [-0.4, -0.2) is 78.4 Å². The number of nitrogens with one attached hydrogen (secondary N) is 1. The maximum Gasteiger partial charge on any atom is 0.410 e. The second-order valence-corrected chi connectivity index (χ2v) is 14.8. The van der Waals surface area contributed by atoms with E-state index in [4.69, 9.17) is 15.2 Å². The first-order chi connectivity index (χ1) is 21.9. The summed E-state index contributed by atoms with van der Waals surface area (Å²) >= 11 is 0. The lowest BCUT2D eigenvalue weighted by Crippen LogP contribution is -2.50. The van der Waals surface area contributed by atoms with E-state index in [9.17, 15) is 13.2 Å². The van der Waals surface area contributed by atoms with Crippen molar-refractivity contribution < 1.29 is 22.7 Å². The fraction of sp³-hybridized carbons (Fsp3) is 0.514. The Morgan fingerprint density at radius 1 is 0.891 bits per heavy atom. The number of ether oxygens (including phenoxy) is 2. The lowest BCUT2D eigenvalue weighted by Gasteiger charge is -2.37. The fourth-order valence-corrected chi connectivity index (χ4v) is 6.94. The summed E-state index contributed by atoms with van der Waals surface area (Å²) < 4.78 is 40.7. The predicted molar refractivity (Wildman–Crippen MR) is 188 cm³/mol. The van der Waals surface area contributed by atoms with Gasteiger partial charge in [-0.3, -0.25) is 0 Å². The van der Waals surface area contributed by atoms with Crippen LogP contribution in [0.3, 0.4) is 0 Å². The number of unbranched alkanes of at least 4 members (excludes halogenated alkanes) is 5. The highest BCUT2D eigenvalue weighted by atomic mass is 32.2. The molecule has 0 aromatic heterocycles. The van der Waals surface area contributed by atoms with Crippen LogP contribution < -0.4 is 25.0 Å². The van der Waals surface area contributed by atoms with Crippen LogP contribution in [0.25, 0.3) is 10.8 Å². The first-order valence-electron chi connectivity index (χ1n) is 16.3. The van der Waals surface area contributed by atoms with Crippen LogP contribution in [0, 0.1) is 0 Å². The molecule has 0 atom stereocenters. The molecule has 3 aromatic rings. The number of benzene rings is 3. The number of hydrogen-bond donors (Lipinski definition) is 2. The first-order valence-corrected chi connectivity index (χ1v) is 17.8. The van der Waals surface area contributed by atoms with E-state index < -0.39 is 15.6 Å². The lowest BCUT2D eigenvalue weighted by molar-refractivity contribution is 0.0240. The van der Waals surface area contributed by atoms with E-state index in [0.717, 1.165) is 66.4 Å². The van der Waals surface area contributed by atoms with Gasteiger partial charge in [0, 0.05) is 69.0 Å². The standard InChI is InChI=1S/C35H51N5O5S/c1-35(2,3)45-34(41)40-23-21-39(22-24-40)31-26-27(36)18-19-32(31)44-25-11-9-7-6-8-10-20-37-46(42,43)33-17-13-14-28-29(33)15-12-16-30(28)38(4)5/h12-19,26,37H,6-11,20-25,36H2,1-5H3. The van der Waals surface area contributed by atoms with Crippen molar-refractivity contribution in [3.05, 3.63) is 54.6 Å². The zero-order valence-electron chi connectivity index (χ0n) is 28.0. The molecular weight excluding hydrogens is 602 g/mol. The summed E-state index contributed by atoms with van der Waals surface area (Å²) in [6, 6.07) is 16.9. The Kier molecular flexibility index (Phi) is 12.0. The average Bonchev–Trinajstić information content (AvgIpc) is 3.01. The van der Waals surface area contributed by atoms with Crippen molar-refractivity contribution in [2.45, 2.75) is 69.8 Å². The maximum atomic E-state index is 13.1. The Hall–Kier alpha value is -3.70. The van der Waals surface area contributed by atoms with Gasteiger partial charge in [-0.05, 0) is 63.9 Å².